The Morgan fingerprint density at radius 1 is 1.36 bits per heavy atom. The Morgan fingerprint density at radius 3 is 2.29 bits per heavy atom. The van der Waals surface area contributed by atoms with Crippen molar-refractivity contribution in [1.82, 2.24) is 9.78 Å². The fraction of sp³-hybridized carbons (Fsp3) is 0.727. The predicted octanol–water partition coefficient (Wildman–Crippen LogP) is 1.43. The van der Waals surface area contributed by atoms with Gasteiger partial charge in [0.15, 0.2) is 0 Å². The molecule has 0 aromatic carbocycles. The van der Waals surface area contributed by atoms with E-state index in [9.17, 15) is 5.11 Å². The minimum absolute atomic E-state index is 0.491. The summed E-state index contributed by atoms with van der Waals surface area (Å²) in [5, 5.41) is 14.9. The normalized spacial score (nSPS) is 22.7. The molecule has 1 heterocycles. The first kappa shape index (κ1) is 8.48. The highest BCUT2D eigenvalue weighted by molar-refractivity contribution is 5.20. The van der Waals surface area contributed by atoms with Gasteiger partial charge in [-0.2, -0.15) is 5.10 Å². The molecule has 14 heavy (non-hydrogen) atoms. The third-order valence-electron chi connectivity index (χ3n) is 3.63. The molecule has 3 heteroatoms. The molecule has 2 fully saturated rings. The molecule has 1 aromatic rings. The number of aryl methyl sites for hydroxylation is 1. The maximum absolute atomic E-state index is 10.8. The highest BCUT2D eigenvalue weighted by atomic mass is 16.3. The van der Waals surface area contributed by atoms with E-state index in [1.54, 1.807) is 6.20 Å². The van der Waals surface area contributed by atoms with Crippen LogP contribution in [0.2, 0.25) is 0 Å². The minimum Gasteiger partial charge on any atom is -0.383 e. The molecule has 0 saturated heterocycles. The zero-order chi connectivity index (χ0) is 9.76. The van der Waals surface area contributed by atoms with Gasteiger partial charge in [0.1, 0.15) is 5.60 Å². The van der Waals surface area contributed by atoms with E-state index in [4.69, 9.17) is 0 Å². The lowest BCUT2D eigenvalue weighted by Crippen LogP contribution is -2.33. The minimum atomic E-state index is -0.564. The summed E-state index contributed by atoms with van der Waals surface area (Å²) in [5.74, 6) is 0.982. The second-order valence-corrected chi connectivity index (χ2v) is 4.71. The lowest BCUT2D eigenvalue weighted by Gasteiger charge is -2.28. The zero-order valence-corrected chi connectivity index (χ0v) is 8.48. The van der Waals surface area contributed by atoms with Crippen molar-refractivity contribution in [2.45, 2.75) is 31.3 Å². The highest BCUT2D eigenvalue weighted by Gasteiger charge is 2.55. The van der Waals surface area contributed by atoms with Crippen LogP contribution < -0.4 is 0 Å². The largest absolute Gasteiger partial charge is 0.383 e. The summed E-state index contributed by atoms with van der Waals surface area (Å²) in [6, 6.07) is 1.97. The van der Waals surface area contributed by atoms with E-state index in [-0.39, 0.29) is 0 Å². The topological polar surface area (TPSA) is 38.0 Å². The molecular weight excluding hydrogens is 176 g/mol. The van der Waals surface area contributed by atoms with Gasteiger partial charge in [-0.05, 0) is 43.6 Å². The van der Waals surface area contributed by atoms with E-state index >= 15 is 0 Å². The Bertz CT molecular complexity index is 338. The van der Waals surface area contributed by atoms with Crippen LogP contribution in [0.15, 0.2) is 12.3 Å². The summed E-state index contributed by atoms with van der Waals surface area (Å²) in [7, 11) is 1.92. The van der Waals surface area contributed by atoms with Gasteiger partial charge in [-0.25, -0.2) is 0 Å². The van der Waals surface area contributed by atoms with E-state index in [0.29, 0.717) is 11.8 Å². The number of aliphatic hydroxyl groups is 1. The second kappa shape index (κ2) is 2.60. The van der Waals surface area contributed by atoms with Crippen LogP contribution in [0.1, 0.15) is 31.4 Å². The molecule has 76 valence electrons. The quantitative estimate of drug-likeness (QED) is 0.786. The van der Waals surface area contributed by atoms with Crippen LogP contribution in [-0.4, -0.2) is 14.9 Å². The average molecular weight is 192 g/mol. The molecule has 3 nitrogen and oxygen atoms in total. The molecule has 0 aliphatic heterocycles. The van der Waals surface area contributed by atoms with Crippen LogP contribution in [-0.2, 0) is 12.6 Å². The highest BCUT2D eigenvalue weighted by Crippen LogP contribution is 2.57. The molecule has 0 radical (unpaired) electrons. The monoisotopic (exact) mass is 192 g/mol. The standard InChI is InChI=1S/C11H16N2O/c1-13-10(6-7-12-13)11(14,8-2-3-8)9-4-5-9/h6-9,14H,2-5H2,1H3. The molecule has 0 unspecified atom stereocenters. The van der Waals surface area contributed by atoms with Gasteiger partial charge >= 0.3 is 0 Å². The molecule has 2 aliphatic rings. The number of aromatic nitrogens is 2. The van der Waals surface area contributed by atoms with Crippen molar-refractivity contribution >= 4 is 0 Å². The third-order valence-corrected chi connectivity index (χ3v) is 3.63. The first-order chi connectivity index (χ1) is 6.73. The van der Waals surface area contributed by atoms with Crippen molar-refractivity contribution < 1.29 is 5.11 Å². The molecule has 1 aromatic heterocycles. The fourth-order valence-corrected chi connectivity index (χ4v) is 2.57. The Hall–Kier alpha value is -0.830. The van der Waals surface area contributed by atoms with E-state index in [1.807, 2.05) is 17.8 Å². The molecule has 0 amide bonds. The summed E-state index contributed by atoms with van der Waals surface area (Å²) >= 11 is 0. The van der Waals surface area contributed by atoms with Gasteiger partial charge in [0.25, 0.3) is 0 Å². The van der Waals surface area contributed by atoms with Crippen molar-refractivity contribution in [3.05, 3.63) is 18.0 Å². The van der Waals surface area contributed by atoms with Crippen LogP contribution in [0, 0.1) is 11.8 Å². The van der Waals surface area contributed by atoms with Gasteiger partial charge in [0.05, 0.1) is 5.69 Å². The maximum Gasteiger partial charge on any atom is 0.112 e. The summed E-state index contributed by atoms with van der Waals surface area (Å²) in [6.45, 7) is 0. The van der Waals surface area contributed by atoms with Crippen molar-refractivity contribution in [1.29, 1.82) is 0 Å². The first-order valence-electron chi connectivity index (χ1n) is 5.43. The van der Waals surface area contributed by atoms with Crippen molar-refractivity contribution in [2.24, 2.45) is 18.9 Å². The summed E-state index contributed by atoms with van der Waals surface area (Å²) < 4.78 is 1.83. The lowest BCUT2D eigenvalue weighted by molar-refractivity contribution is -0.0177. The Kier molecular flexibility index (Phi) is 1.57. The smallest absolute Gasteiger partial charge is 0.112 e. The third kappa shape index (κ3) is 1.05. The van der Waals surface area contributed by atoms with Crippen molar-refractivity contribution in [3.8, 4) is 0 Å². The van der Waals surface area contributed by atoms with Crippen LogP contribution in [0.5, 0.6) is 0 Å². The van der Waals surface area contributed by atoms with Crippen molar-refractivity contribution in [2.75, 3.05) is 0 Å². The van der Waals surface area contributed by atoms with Crippen LogP contribution in [0.4, 0.5) is 0 Å². The van der Waals surface area contributed by atoms with Crippen LogP contribution in [0.3, 0.4) is 0 Å². The summed E-state index contributed by atoms with van der Waals surface area (Å²) in [5.41, 5.74) is 0.452. The number of nitrogens with zero attached hydrogens (tertiary/aromatic N) is 2. The fourth-order valence-electron chi connectivity index (χ4n) is 2.57. The summed E-state index contributed by atoms with van der Waals surface area (Å²) in [6.07, 6.45) is 6.50. The van der Waals surface area contributed by atoms with Gasteiger partial charge in [-0.15, -0.1) is 0 Å². The molecular formula is C11H16N2O. The molecule has 0 atom stereocenters. The molecule has 0 bridgehead atoms. The Morgan fingerprint density at radius 2 is 1.93 bits per heavy atom. The first-order valence-corrected chi connectivity index (χ1v) is 5.43. The predicted molar refractivity (Wildman–Crippen MR) is 52.6 cm³/mol. The van der Waals surface area contributed by atoms with Crippen LogP contribution >= 0.6 is 0 Å². The number of hydrogen-bond donors (Lipinski definition) is 1. The molecule has 2 saturated carbocycles. The van der Waals surface area contributed by atoms with E-state index in [2.05, 4.69) is 5.10 Å². The van der Waals surface area contributed by atoms with E-state index < -0.39 is 5.60 Å². The van der Waals surface area contributed by atoms with Gasteiger partial charge in [-0.1, -0.05) is 0 Å². The molecule has 0 spiro atoms. The molecule has 3 rings (SSSR count). The van der Waals surface area contributed by atoms with E-state index in [0.717, 1.165) is 5.69 Å². The van der Waals surface area contributed by atoms with Gasteiger partial charge < -0.3 is 5.11 Å². The van der Waals surface area contributed by atoms with Crippen LogP contribution in [0.25, 0.3) is 0 Å². The molecule has 2 aliphatic carbocycles. The Labute approximate surface area is 83.7 Å². The second-order valence-electron chi connectivity index (χ2n) is 4.71. The van der Waals surface area contributed by atoms with Gasteiger partial charge in [-0.3, -0.25) is 4.68 Å². The van der Waals surface area contributed by atoms with Gasteiger partial charge in [0, 0.05) is 13.2 Å². The number of rotatable bonds is 3. The molecule has 1 N–H and O–H groups in total. The Balaban J connectivity index is 2.02. The van der Waals surface area contributed by atoms with Gasteiger partial charge in [0.2, 0.25) is 0 Å². The maximum atomic E-state index is 10.8. The average Bonchev–Trinajstić information content (AvgIpc) is 3.00. The van der Waals surface area contributed by atoms with Crippen molar-refractivity contribution in [3.63, 3.8) is 0 Å². The summed E-state index contributed by atoms with van der Waals surface area (Å²) in [4.78, 5) is 0. The SMILES string of the molecule is Cn1nccc1C(O)(C1CC1)C1CC1. The lowest BCUT2D eigenvalue weighted by atomic mass is 9.88. The number of hydrogen-bond acceptors (Lipinski definition) is 2. The van der Waals surface area contributed by atoms with E-state index in [1.165, 1.54) is 25.7 Å². The zero-order valence-electron chi connectivity index (χ0n) is 8.48.